The van der Waals surface area contributed by atoms with Crippen molar-refractivity contribution >= 4 is 0 Å². The molecule has 2 N–H and O–H groups in total. The van der Waals surface area contributed by atoms with Gasteiger partial charge in [0.25, 0.3) is 0 Å². The van der Waals surface area contributed by atoms with Crippen molar-refractivity contribution < 1.29 is 4.74 Å². The molecular weight excluding hydrogens is 212 g/mol. The minimum absolute atomic E-state index is 0.245. The van der Waals surface area contributed by atoms with Gasteiger partial charge in [-0.3, -0.25) is 0 Å². The number of aryl methyl sites for hydroxylation is 1. The molecule has 0 aliphatic carbocycles. The third-order valence-corrected chi connectivity index (χ3v) is 3.37. The number of nitrogens with one attached hydrogen (secondary N) is 2. The van der Waals surface area contributed by atoms with Crippen molar-refractivity contribution in [3.05, 3.63) is 29.8 Å². The van der Waals surface area contributed by atoms with Crippen LogP contribution in [0.2, 0.25) is 0 Å². The van der Waals surface area contributed by atoms with Crippen LogP contribution in [-0.2, 0) is 0 Å². The van der Waals surface area contributed by atoms with E-state index in [9.17, 15) is 0 Å². The zero-order chi connectivity index (χ0) is 12.1. The molecule has 1 fully saturated rings. The lowest BCUT2D eigenvalue weighted by atomic mass is 10.0. The summed E-state index contributed by atoms with van der Waals surface area (Å²) in [6.45, 7) is 8.12. The van der Waals surface area contributed by atoms with Crippen molar-refractivity contribution in [3.8, 4) is 5.75 Å². The van der Waals surface area contributed by atoms with E-state index in [1.807, 2.05) is 18.2 Å². The van der Waals surface area contributed by atoms with Crippen LogP contribution in [0.25, 0.3) is 0 Å². The fourth-order valence-electron chi connectivity index (χ4n) is 2.20. The lowest BCUT2D eigenvalue weighted by Crippen LogP contribution is -2.45. The molecule has 3 heteroatoms. The summed E-state index contributed by atoms with van der Waals surface area (Å²) in [5.41, 5.74) is 1.44. The van der Waals surface area contributed by atoms with Gasteiger partial charge in [0.2, 0.25) is 0 Å². The van der Waals surface area contributed by atoms with Crippen molar-refractivity contribution in [2.45, 2.75) is 25.8 Å². The summed E-state index contributed by atoms with van der Waals surface area (Å²) < 4.78 is 5.76. The van der Waals surface area contributed by atoms with E-state index in [1.54, 1.807) is 0 Å². The highest BCUT2D eigenvalue weighted by molar-refractivity contribution is 5.31. The number of para-hydroxylation sites is 1. The molecule has 0 spiro atoms. The van der Waals surface area contributed by atoms with Gasteiger partial charge in [0.1, 0.15) is 12.4 Å². The fourth-order valence-corrected chi connectivity index (χ4v) is 2.20. The molecule has 1 aromatic carbocycles. The standard InChI is InChI=1S/C14H22N2O/c1-12-5-3-4-6-13(12)17-10-9-16-14(2)7-8-15-11-14/h3-6,15-16H,7-11H2,1-2H3. The molecular formula is C14H22N2O. The lowest BCUT2D eigenvalue weighted by molar-refractivity contribution is 0.282. The Labute approximate surface area is 104 Å². The zero-order valence-electron chi connectivity index (χ0n) is 10.8. The number of hydrogen-bond donors (Lipinski definition) is 2. The third kappa shape index (κ3) is 3.45. The van der Waals surface area contributed by atoms with E-state index in [-0.39, 0.29) is 5.54 Å². The summed E-state index contributed by atoms with van der Waals surface area (Å²) in [6.07, 6.45) is 1.19. The molecule has 0 aromatic heterocycles. The Hall–Kier alpha value is -1.06. The smallest absolute Gasteiger partial charge is 0.122 e. The van der Waals surface area contributed by atoms with E-state index in [4.69, 9.17) is 4.74 Å². The zero-order valence-corrected chi connectivity index (χ0v) is 10.8. The second-order valence-electron chi connectivity index (χ2n) is 5.03. The Morgan fingerprint density at radius 2 is 2.24 bits per heavy atom. The molecule has 94 valence electrons. The van der Waals surface area contributed by atoms with Crippen LogP contribution in [-0.4, -0.2) is 31.8 Å². The number of hydrogen-bond acceptors (Lipinski definition) is 3. The van der Waals surface area contributed by atoms with Crippen molar-refractivity contribution in [2.24, 2.45) is 0 Å². The van der Waals surface area contributed by atoms with Gasteiger partial charge in [-0.25, -0.2) is 0 Å². The van der Waals surface area contributed by atoms with Crippen molar-refractivity contribution in [1.82, 2.24) is 10.6 Å². The molecule has 3 nitrogen and oxygen atoms in total. The fraction of sp³-hybridized carbons (Fsp3) is 0.571. The van der Waals surface area contributed by atoms with Crippen LogP contribution >= 0.6 is 0 Å². The first-order chi connectivity index (χ1) is 8.20. The van der Waals surface area contributed by atoms with Crippen LogP contribution in [0.1, 0.15) is 18.9 Å². The second-order valence-corrected chi connectivity index (χ2v) is 5.03. The first kappa shape index (κ1) is 12.4. The first-order valence-electron chi connectivity index (χ1n) is 6.34. The van der Waals surface area contributed by atoms with Crippen molar-refractivity contribution in [1.29, 1.82) is 0 Å². The van der Waals surface area contributed by atoms with Crippen LogP contribution in [0.3, 0.4) is 0 Å². The Bertz CT molecular complexity index is 359. The summed E-state index contributed by atoms with van der Waals surface area (Å²) in [5, 5.41) is 6.94. The van der Waals surface area contributed by atoms with Crippen LogP contribution in [0.15, 0.2) is 24.3 Å². The SMILES string of the molecule is Cc1ccccc1OCCNC1(C)CCNC1. The number of rotatable bonds is 5. The van der Waals surface area contributed by atoms with Gasteiger partial charge in [-0.05, 0) is 38.4 Å². The normalized spacial score (nSPS) is 23.9. The van der Waals surface area contributed by atoms with Crippen molar-refractivity contribution in [3.63, 3.8) is 0 Å². The van der Waals surface area contributed by atoms with Crippen molar-refractivity contribution in [2.75, 3.05) is 26.2 Å². The molecule has 1 aliphatic heterocycles. The molecule has 17 heavy (non-hydrogen) atoms. The molecule has 0 saturated carbocycles. The Morgan fingerprint density at radius 1 is 1.41 bits per heavy atom. The van der Waals surface area contributed by atoms with Gasteiger partial charge in [-0.2, -0.15) is 0 Å². The highest BCUT2D eigenvalue weighted by Gasteiger charge is 2.27. The van der Waals surface area contributed by atoms with E-state index in [1.165, 1.54) is 12.0 Å². The van der Waals surface area contributed by atoms with Gasteiger partial charge >= 0.3 is 0 Å². The first-order valence-corrected chi connectivity index (χ1v) is 6.34. The van der Waals surface area contributed by atoms with Gasteiger partial charge in [0, 0.05) is 18.6 Å². The Kier molecular flexibility index (Phi) is 4.02. The van der Waals surface area contributed by atoms with Crippen LogP contribution in [0.5, 0.6) is 5.75 Å². The molecule has 1 heterocycles. The van der Waals surface area contributed by atoms with Crippen LogP contribution < -0.4 is 15.4 Å². The maximum Gasteiger partial charge on any atom is 0.122 e. The Balaban J connectivity index is 1.71. The van der Waals surface area contributed by atoms with E-state index in [2.05, 4.69) is 30.5 Å². The maximum absolute atomic E-state index is 5.76. The minimum Gasteiger partial charge on any atom is -0.492 e. The summed E-state index contributed by atoms with van der Waals surface area (Å²) in [5.74, 6) is 0.990. The van der Waals surface area contributed by atoms with E-state index < -0.39 is 0 Å². The summed E-state index contributed by atoms with van der Waals surface area (Å²) in [6, 6.07) is 8.14. The average Bonchev–Trinajstić information content (AvgIpc) is 2.74. The summed E-state index contributed by atoms with van der Waals surface area (Å²) >= 11 is 0. The van der Waals surface area contributed by atoms with Gasteiger partial charge in [0.15, 0.2) is 0 Å². The second kappa shape index (κ2) is 5.52. The molecule has 1 saturated heterocycles. The van der Waals surface area contributed by atoms with Gasteiger partial charge in [0.05, 0.1) is 0 Å². The quantitative estimate of drug-likeness (QED) is 0.761. The molecule has 0 bridgehead atoms. The topological polar surface area (TPSA) is 33.3 Å². The molecule has 0 amide bonds. The van der Waals surface area contributed by atoms with Crippen LogP contribution in [0.4, 0.5) is 0 Å². The third-order valence-electron chi connectivity index (χ3n) is 3.37. The van der Waals surface area contributed by atoms with E-state index >= 15 is 0 Å². The van der Waals surface area contributed by atoms with E-state index in [0.717, 1.165) is 32.0 Å². The van der Waals surface area contributed by atoms with E-state index in [0.29, 0.717) is 0 Å². The Morgan fingerprint density at radius 3 is 2.94 bits per heavy atom. The largest absolute Gasteiger partial charge is 0.492 e. The number of ether oxygens (including phenoxy) is 1. The summed E-state index contributed by atoms with van der Waals surface area (Å²) in [4.78, 5) is 0. The predicted molar refractivity (Wildman–Crippen MR) is 70.6 cm³/mol. The predicted octanol–water partition coefficient (Wildman–Crippen LogP) is 1.72. The molecule has 2 rings (SSSR count). The number of benzene rings is 1. The molecule has 0 radical (unpaired) electrons. The molecule has 1 atom stereocenters. The average molecular weight is 234 g/mol. The minimum atomic E-state index is 0.245. The monoisotopic (exact) mass is 234 g/mol. The highest BCUT2D eigenvalue weighted by atomic mass is 16.5. The molecule has 1 aliphatic rings. The highest BCUT2D eigenvalue weighted by Crippen LogP contribution is 2.16. The lowest BCUT2D eigenvalue weighted by Gasteiger charge is -2.24. The molecule has 1 aromatic rings. The van der Waals surface area contributed by atoms with Gasteiger partial charge in [-0.15, -0.1) is 0 Å². The summed E-state index contributed by atoms with van der Waals surface area (Å²) in [7, 11) is 0. The van der Waals surface area contributed by atoms with Gasteiger partial charge < -0.3 is 15.4 Å². The van der Waals surface area contributed by atoms with Gasteiger partial charge in [-0.1, -0.05) is 18.2 Å². The van der Waals surface area contributed by atoms with Crippen LogP contribution in [0, 0.1) is 6.92 Å². The molecule has 1 unspecified atom stereocenters. The maximum atomic E-state index is 5.76.